The van der Waals surface area contributed by atoms with E-state index in [1.807, 2.05) is 0 Å². The van der Waals surface area contributed by atoms with Crippen LogP contribution < -0.4 is 0 Å². The van der Waals surface area contributed by atoms with Crippen LogP contribution in [0.3, 0.4) is 0 Å². The molecule has 0 unspecified atom stereocenters. The third-order valence-electron chi connectivity index (χ3n) is 1.69. The van der Waals surface area contributed by atoms with E-state index in [0.29, 0.717) is 4.47 Å². The predicted octanol–water partition coefficient (Wildman–Crippen LogP) is 2.64. The minimum Gasteiger partial charge on any atom is -0.481 e. The normalized spacial score (nSPS) is 10.0. The van der Waals surface area contributed by atoms with Crippen molar-refractivity contribution in [3.05, 3.63) is 37.3 Å². The summed E-state index contributed by atoms with van der Waals surface area (Å²) in [5.41, 5.74) is -0.0884. The van der Waals surface area contributed by atoms with Crippen molar-refractivity contribution in [2.75, 3.05) is 0 Å². The van der Waals surface area contributed by atoms with Crippen molar-refractivity contribution >= 4 is 39.2 Å². The third kappa shape index (κ3) is 2.66. The average molecular weight is 294 g/mol. The molecule has 0 bridgehead atoms. The second-order valence-corrected chi connectivity index (χ2v) is 3.92. The van der Waals surface area contributed by atoms with Gasteiger partial charge in [0.1, 0.15) is 5.02 Å². The number of carbonyl (C=O) groups is 1. The number of aliphatic carboxylic acids is 1. The number of carboxylic acid groups (broad SMARTS) is 1. The predicted molar refractivity (Wildman–Crippen MR) is 57.1 cm³/mol. The van der Waals surface area contributed by atoms with E-state index in [1.165, 1.54) is 12.1 Å². The first-order chi connectivity index (χ1) is 6.93. The number of nitrogens with zero attached hydrogens (tertiary/aromatic N) is 1. The third-order valence-corrected chi connectivity index (χ3v) is 2.86. The van der Waals surface area contributed by atoms with Crippen LogP contribution in [-0.4, -0.2) is 16.0 Å². The van der Waals surface area contributed by atoms with Gasteiger partial charge in [-0.1, -0.05) is 27.5 Å². The van der Waals surface area contributed by atoms with Gasteiger partial charge in [0.15, 0.2) is 0 Å². The molecule has 1 rings (SSSR count). The fourth-order valence-electron chi connectivity index (χ4n) is 1.04. The summed E-state index contributed by atoms with van der Waals surface area (Å²) >= 11 is 8.81. The Morgan fingerprint density at radius 1 is 1.60 bits per heavy atom. The standard InChI is InChI=1S/C8H5BrClNO4/c9-5-1-2-6(11(14)15)8(10)4(5)3-7(12)13/h1-2H,3H2,(H,12,13). The van der Waals surface area contributed by atoms with Crippen molar-refractivity contribution in [1.82, 2.24) is 0 Å². The van der Waals surface area contributed by atoms with E-state index < -0.39 is 10.9 Å². The summed E-state index contributed by atoms with van der Waals surface area (Å²) in [6.07, 6.45) is -0.360. The Labute approximate surface area is 97.9 Å². The van der Waals surface area contributed by atoms with Gasteiger partial charge in [-0.2, -0.15) is 0 Å². The van der Waals surface area contributed by atoms with Gasteiger partial charge in [0, 0.05) is 16.1 Å². The van der Waals surface area contributed by atoms with E-state index in [-0.39, 0.29) is 22.7 Å². The number of rotatable bonds is 3. The average Bonchev–Trinajstić information content (AvgIpc) is 2.11. The molecule has 0 fully saturated rings. The summed E-state index contributed by atoms with van der Waals surface area (Å²) in [5.74, 6) is -1.10. The highest BCUT2D eigenvalue weighted by atomic mass is 79.9. The van der Waals surface area contributed by atoms with Gasteiger partial charge in [0.25, 0.3) is 5.69 Å². The lowest BCUT2D eigenvalue weighted by Crippen LogP contribution is -2.03. The Kier molecular flexibility index (Phi) is 3.65. The molecular formula is C8H5BrClNO4. The summed E-state index contributed by atoms with van der Waals surface area (Å²) in [6, 6.07) is 2.63. The van der Waals surface area contributed by atoms with Crippen LogP contribution in [0.2, 0.25) is 5.02 Å². The minimum absolute atomic E-state index is 0.142. The number of hydrogen-bond acceptors (Lipinski definition) is 3. The Morgan fingerprint density at radius 3 is 2.67 bits per heavy atom. The van der Waals surface area contributed by atoms with Crippen LogP contribution in [0.15, 0.2) is 16.6 Å². The molecule has 0 aliphatic rings. The molecule has 15 heavy (non-hydrogen) atoms. The molecule has 80 valence electrons. The van der Waals surface area contributed by atoms with Crippen molar-refractivity contribution < 1.29 is 14.8 Å². The molecule has 0 amide bonds. The maximum absolute atomic E-state index is 10.5. The van der Waals surface area contributed by atoms with Crippen molar-refractivity contribution in [2.24, 2.45) is 0 Å². The van der Waals surface area contributed by atoms with Gasteiger partial charge < -0.3 is 5.11 Å². The van der Waals surface area contributed by atoms with Crippen LogP contribution in [0.25, 0.3) is 0 Å². The zero-order valence-electron chi connectivity index (χ0n) is 7.24. The van der Waals surface area contributed by atoms with Gasteiger partial charge >= 0.3 is 5.97 Å². The van der Waals surface area contributed by atoms with Crippen LogP contribution in [0.4, 0.5) is 5.69 Å². The number of benzene rings is 1. The summed E-state index contributed by atoms with van der Waals surface area (Å²) < 4.78 is 0.445. The Balaban J connectivity index is 3.29. The summed E-state index contributed by atoms with van der Waals surface area (Å²) in [7, 11) is 0. The molecule has 0 aliphatic carbocycles. The molecule has 0 spiro atoms. The van der Waals surface area contributed by atoms with E-state index in [0.717, 1.165) is 0 Å². The first-order valence-electron chi connectivity index (χ1n) is 3.76. The highest BCUT2D eigenvalue weighted by Crippen LogP contribution is 2.33. The van der Waals surface area contributed by atoms with E-state index in [9.17, 15) is 14.9 Å². The van der Waals surface area contributed by atoms with Gasteiger partial charge in [-0.25, -0.2) is 0 Å². The molecule has 0 atom stereocenters. The molecule has 0 saturated carbocycles. The lowest BCUT2D eigenvalue weighted by molar-refractivity contribution is -0.384. The van der Waals surface area contributed by atoms with Crippen molar-refractivity contribution in [2.45, 2.75) is 6.42 Å². The molecular weight excluding hydrogens is 289 g/mol. The lowest BCUT2D eigenvalue weighted by Gasteiger charge is -2.04. The van der Waals surface area contributed by atoms with Crippen LogP contribution >= 0.6 is 27.5 Å². The number of nitro groups is 1. The Hall–Kier alpha value is -1.14. The fourth-order valence-corrected chi connectivity index (χ4v) is 1.92. The molecule has 0 heterocycles. The van der Waals surface area contributed by atoms with Gasteiger partial charge in [0.05, 0.1) is 11.3 Å². The molecule has 0 radical (unpaired) electrons. The number of nitro benzene ring substituents is 1. The summed E-state index contributed by atoms with van der Waals surface area (Å²) in [4.78, 5) is 20.4. The second kappa shape index (κ2) is 4.59. The second-order valence-electron chi connectivity index (χ2n) is 2.69. The topological polar surface area (TPSA) is 80.4 Å². The number of hydrogen-bond donors (Lipinski definition) is 1. The first kappa shape index (κ1) is 11.9. The molecule has 1 aromatic rings. The lowest BCUT2D eigenvalue weighted by atomic mass is 10.1. The highest BCUT2D eigenvalue weighted by molar-refractivity contribution is 9.10. The number of carboxylic acids is 1. The van der Waals surface area contributed by atoms with Crippen molar-refractivity contribution in [3.8, 4) is 0 Å². The quantitative estimate of drug-likeness (QED) is 0.686. The Morgan fingerprint density at radius 2 is 2.20 bits per heavy atom. The van der Waals surface area contributed by atoms with Crippen LogP contribution in [0, 0.1) is 10.1 Å². The van der Waals surface area contributed by atoms with E-state index in [2.05, 4.69) is 15.9 Å². The van der Waals surface area contributed by atoms with Crippen LogP contribution in [-0.2, 0) is 11.2 Å². The summed E-state index contributed by atoms with van der Waals surface area (Å²) in [5, 5.41) is 19.0. The summed E-state index contributed by atoms with van der Waals surface area (Å²) in [6.45, 7) is 0. The zero-order valence-corrected chi connectivity index (χ0v) is 9.58. The molecule has 1 aromatic carbocycles. The molecule has 1 N–H and O–H groups in total. The Bertz CT molecular complexity index is 435. The smallest absolute Gasteiger partial charge is 0.307 e. The van der Waals surface area contributed by atoms with Crippen LogP contribution in [0.1, 0.15) is 5.56 Å². The van der Waals surface area contributed by atoms with Crippen LogP contribution in [0.5, 0.6) is 0 Å². The van der Waals surface area contributed by atoms with E-state index in [4.69, 9.17) is 16.7 Å². The zero-order chi connectivity index (χ0) is 11.6. The SMILES string of the molecule is O=C(O)Cc1c(Br)ccc([N+](=O)[O-])c1Cl. The molecule has 0 saturated heterocycles. The maximum atomic E-state index is 10.5. The largest absolute Gasteiger partial charge is 0.481 e. The first-order valence-corrected chi connectivity index (χ1v) is 4.93. The van der Waals surface area contributed by atoms with E-state index in [1.54, 1.807) is 0 Å². The van der Waals surface area contributed by atoms with Gasteiger partial charge in [-0.05, 0) is 6.07 Å². The molecule has 0 aliphatic heterocycles. The van der Waals surface area contributed by atoms with E-state index >= 15 is 0 Å². The molecule has 7 heteroatoms. The molecule has 5 nitrogen and oxygen atoms in total. The molecule has 0 aromatic heterocycles. The van der Waals surface area contributed by atoms with Crippen molar-refractivity contribution in [1.29, 1.82) is 0 Å². The fraction of sp³-hybridized carbons (Fsp3) is 0.125. The van der Waals surface area contributed by atoms with Gasteiger partial charge in [-0.3, -0.25) is 14.9 Å². The minimum atomic E-state index is -1.10. The van der Waals surface area contributed by atoms with Gasteiger partial charge in [-0.15, -0.1) is 0 Å². The monoisotopic (exact) mass is 293 g/mol. The highest BCUT2D eigenvalue weighted by Gasteiger charge is 2.19. The van der Waals surface area contributed by atoms with Gasteiger partial charge in [0.2, 0.25) is 0 Å². The maximum Gasteiger partial charge on any atom is 0.307 e. The number of halogens is 2. The van der Waals surface area contributed by atoms with Crippen molar-refractivity contribution in [3.63, 3.8) is 0 Å².